The average molecular weight is 413 g/mol. The van der Waals surface area contributed by atoms with E-state index in [0.717, 1.165) is 0 Å². The Hall–Kier alpha value is -2.55. The minimum absolute atomic E-state index is 0.179. The van der Waals surface area contributed by atoms with Crippen LogP contribution in [0.5, 0.6) is 0 Å². The maximum atomic E-state index is 13.3. The fraction of sp³-hybridized carbons (Fsp3) is 0.333. The van der Waals surface area contributed by atoms with Gasteiger partial charge in [0.2, 0.25) is 10.0 Å². The number of fused-ring (bicyclic) bond motifs is 1. The Kier molecular flexibility index (Phi) is 5.02. The first-order valence-corrected chi connectivity index (χ1v) is 11.0. The highest BCUT2D eigenvalue weighted by Crippen LogP contribution is 2.29. The van der Waals surface area contributed by atoms with Gasteiger partial charge in [-0.25, -0.2) is 13.1 Å². The Labute approximate surface area is 170 Å². The normalized spacial score (nSPS) is 16.4. The van der Waals surface area contributed by atoms with E-state index in [2.05, 4.69) is 10.00 Å². The van der Waals surface area contributed by atoms with Crippen molar-refractivity contribution in [1.82, 2.24) is 19.0 Å². The summed E-state index contributed by atoms with van der Waals surface area (Å²) in [4.78, 5) is 14.8. The summed E-state index contributed by atoms with van der Waals surface area (Å²) >= 11 is 0. The van der Waals surface area contributed by atoms with Crippen LogP contribution in [-0.4, -0.2) is 60.6 Å². The van der Waals surface area contributed by atoms with Crippen LogP contribution in [0.25, 0.3) is 22.0 Å². The molecule has 0 unspecified atom stereocenters. The molecule has 0 bridgehead atoms. The number of sulfonamides is 1. The first kappa shape index (κ1) is 19.8. The van der Waals surface area contributed by atoms with E-state index >= 15 is 0 Å². The predicted octanol–water partition coefficient (Wildman–Crippen LogP) is 1.85. The van der Waals surface area contributed by atoms with Gasteiger partial charge in [0.05, 0.1) is 16.0 Å². The molecule has 1 aliphatic heterocycles. The lowest BCUT2D eigenvalue weighted by Crippen LogP contribution is -2.47. The van der Waals surface area contributed by atoms with Crippen molar-refractivity contribution in [2.75, 3.05) is 33.2 Å². The van der Waals surface area contributed by atoms with Gasteiger partial charge in [-0.1, -0.05) is 30.3 Å². The first-order chi connectivity index (χ1) is 13.8. The number of aryl methyl sites for hydroxylation is 2. The van der Waals surface area contributed by atoms with Gasteiger partial charge in [0.15, 0.2) is 0 Å². The third-order valence-electron chi connectivity index (χ3n) is 5.50. The van der Waals surface area contributed by atoms with Crippen LogP contribution in [0.3, 0.4) is 0 Å². The van der Waals surface area contributed by atoms with Crippen molar-refractivity contribution in [1.29, 1.82) is 0 Å². The molecule has 1 aromatic heterocycles. The van der Waals surface area contributed by atoms with Gasteiger partial charge < -0.3 is 4.90 Å². The molecule has 29 heavy (non-hydrogen) atoms. The lowest BCUT2D eigenvalue weighted by molar-refractivity contribution is 0.222. The summed E-state index contributed by atoms with van der Waals surface area (Å²) in [6.45, 7) is 4.18. The van der Waals surface area contributed by atoms with Crippen LogP contribution in [0.4, 0.5) is 0 Å². The number of benzene rings is 2. The molecular weight excluding hydrogens is 388 g/mol. The van der Waals surface area contributed by atoms with E-state index in [1.54, 1.807) is 36.5 Å². The number of hydrogen-bond donors (Lipinski definition) is 0. The van der Waals surface area contributed by atoms with E-state index in [-0.39, 0.29) is 5.56 Å². The summed E-state index contributed by atoms with van der Waals surface area (Å²) < 4.78 is 29.5. The van der Waals surface area contributed by atoms with Crippen molar-refractivity contribution in [2.24, 2.45) is 7.05 Å². The molecule has 1 saturated heterocycles. The second kappa shape index (κ2) is 7.37. The lowest BCUT2D eigenvalue weighted by Gasteiger charge is -2.32. The smallest absolute Gasteiger partial charge is 0.274 e. The van der Waals surface area contributed by atoms with Gasteiger partial charge in [-0.05, 0) is 31.7 Å². The van der Waals surface area contributed by atoms with Gasteiger partial charge in [-0.3, -0.25) is 4.79 Å². The maximum absolute atomic E-state index is 13.3. The number of nitrogens with zero attached hydrogens (tertiary/aromatic N) is 4. The molecule has 2 heterocycles. The monoisotopic (exact) mass is 412 g/mol. The Morgan fingerprint density at radius 2 is 1.59 bits per heavy atom. The standard InChI is InChI=1S/C21H24N4O3S/c1-15-8-9-16(14-19(15)29(27,28)25-12-10-23(2)11-13-25)20-17-6-4-5-7-18(17)21(26)24(3)22-20/h4-9,14H,10-13H2,1-3H3. The van der Waals surface area contributed by atoms with Crippen LogP contribution >= 0.6 is 0 Å². The zero-order valence-corrected chi connectivity index (χ0v) is 17.6. The molecule has 0 radical (unpaired) electrons. The van der Waals surface area contributed by atoms with Gasteiger partial charge in [0.1, 0.15) is 0 Å². The largest absolute Gasteiger partial charge is 0.304 e. The van der Waals surface area contributed by atoms with Crippen molar-refractivity contribution >= 4 is 20.8 Å². The van der Waals surface area contributed by atoms with Gasteiger partial charge >= 0.3 is 0 Å². The van der Waals surface area contributed by atoms with Crippen molar-refractivity contribution in [3.63, 3.8) is 0 Å². The summed E-state index contributed by atoms with van der Waals surface area (Å²) in [5.41, 5.74) is 1.79. The average Bonchev–Trinajstić information content (AvgIpc) is 2.71. The summed E-state index contributed by atoms with van der Waals surface area (Å²) in [5, 5.41) is 5.71. The number of piperazine rings is 1. The van der Waals surface area contributed by atoms with Gasteiger partial charge in [-0.15, -0.1) is 0 Å². The molecule has 8 heteroatoms. The molecule has 0 N–H and O–H groups in total. The Morgan fingerprint density at radius 3 is 2.28 bits per heavy atom. The van der Waals surface area contributed by atoms with Crippen LogP contribution in [-0.2, 0) is 17.1 Å². The molecule has 1 aliphatic rings. The number of likely N-dealkylation sites (N-methyl/N-ethyl adjacent to an activating group) is 1. The summed E-state index contributed by atoms with van der Waals surface area (Å²) in [6, 6.07) is 12.6. The SMILES string of the molecule is Cc1ccc(-c2nn(C)c(=O)c3ccccc23)cc1S(=O)(=O)N1CCN(C)CC1. The molecule has 1 fully saturated rings. The fourth-order valence-corrected chi connectivity index (χ4v) is 5.38. The van der Waals surface area contributed by atoms with Crippen LogP contribution in [0, 0.1) is 6.92 Å². The topological polar surface area (TPSA) is 75.5 Å². The van der Waals surface area contributed by atoms with Crippen molar-refractivity contribution in [3.05, 3.63) is 58.4 Å². The van der Waals surface area contributed by atoms with Crippen LogP contribution in [0.2, 0.25) is 0 Å². The molecule has 0 spiro atoms. The highest BCUT2D eigenvalue weighted by atomic mass is 32.2. The summed E-state index contributed by atoms with van der Waals surface area (Å²) in [7, 11) is -0.00999. The molecule has 3 aromatic rings. The molecule has 0 saturated carbocycles. The van der Waals surface area contributed by atoms with Crippen LogP contribution in [0.1, 0.15) is 5.56 Å². The number of aromatic nitrogens is 2. The highest BCUT2D eigenvalue weighted by Gasteiger charge is 2.29. The zero-order chi connectivity index (χ0) is 20.8. The van der Waals surface area contributed by atoms with Gasteiger partial charge in [-0.2, -0.15) is 9.40 Å². The van der Waals surface area contributed by atoms with Crippen molar-refractivity contribution in [3.8, 4) is 11.3 Å². The summed E-state index contributed by atoms with van der Waals surface area (Å²) in [5.74, 6) is 0. The Balaban J connectivity index is 1.86. The lowest BCUT2D eigenvalue weighted by atomic mass is 10.0. The zero-order valence-electron chi connectivity index (χ0n) is 16.8. The third kappa shape index (κ3) is 3.48. The third-order valence-corrected chi connectivity index (χ3v) is 7.54. The van der Waals surface area contributed by atoms with E-state index in [4.69, 9.17) is 0 Å². The predicted molar refractivity (Wildman–Crippen MR) is 113 cm³/mol. The maximum Gasteiger partial charge on any atom is 0.274 e. The van der Waals surface area contributed by atoms with Crippen molar-refractivity contribution < 1.29 is 8.42 Å². The molecule has 0 atom stereocenters. The number of rotatable bonds is 3. The quantitative estimate of drug-likeness (QED) is 0.656. The summed E-state index contributed by atoms with van der Waals surface area (Å²) in [6.07, 6.45) is 0. The molecule has 2 aromatic carbocycles. The minimum atomic E-state index is -3.61. The Bertz CT molecular complexity index is 1240. The molecule has 4 rings (SSSR count). The minimum Gasteiger partial charge on any atom is -0.304 e. The first-order valence-electron chi connectivity index (χ1n) is 9.55. The van der Waals surface area contributed by atoms with E-state index in [0.29, 0.717) is 58.7 Å². The molecule has 0 aliphatic carbocycles. The second-order valence-electron chi connectivity index (χ2n) is 7.51. The van der Waals surface area contributed by atoms with E-state index in [9.17, 15) is 13.2 Å². The van der Waals surface area contributed by atoms with Crippen LogP contribution < -0.4 is 5.56 Å². The molecular formula is C21H24N4O3S. The molecule has 7 nitrogen and oxygen atoms in total. The van der Waals surface area contributed by atoms with E-state index in [1.165, 1.54) is 4.68 Å². The van der Waals surface area contributed by atoms with Gasteiger partial charge in [0.25, 0.3) is 5.56 Å². The van der Waals surface area contributed by atoms with E-state index in [1.807, 2.05) is 31.3 Å². The van der Waals surface area contributed by atoms with Crippen molar-refractivity contribution in [2.45, 2.75) is 11.8 Å². The van der Waals surface area contributed by atoms with Gasteiger partial charge in [0, 0.05) is 44.2 Å². The molecule has 0 amide bonds. The number of hydrogen-bond acceptors (Lipinski definition) is 5. The second-order valence-corrected chi connectivity index (χ2v) is 9.42. The fourth-order valence-electron chi connectivity index (χ4n) is 3.71. The van der Waals surface area contributed by atoms with Crippen LogP contribution in [0.15, 0.2) is 52.2 Å². The highest BCUT2D eigenvalue weighted by molar-refractivity contribution is 7.89. The molecule has 152 valence electrons. The van der Waals surface area contributed by atoms with E-state index < -0.39 is 10.0 Å². The Morgan fingerprint density at radius 1 is 0.931 bits per heavy atom.